The highest BCUT2D eigenvalue weighted by atomic mass is 35.5. The molecule has 1 aliphatic heterocycles. The fourth-order valence-electron chi connectivity index (χ4n) is 3.64. The highest BCUT2D eigenvalue weighted by Crippen LogP contribution is 2.32. The van der Waals surface area contributed by atoms with Crippen molar-refractivity contribution in [1.82, 2.24) is 29.6 Å². The maximum atomic E-state index is 13.0. The first-order valence-electron chi connectivity index (χ1n) is 9.63. The first-order chi connectivity index (χ1) is 14.4. The van der Waals surface area contributed by atoms with Crippen molar-refractivity contribution in [3.8, 4) is 0 Å². The molecule has 0 aliphatic carbocycles. The van der Waals surface area contributed by atoms with Crippen molar-refractivity contribution in [1.29, 1.82) is 0 Å². The normalized spacial score (nSPS) is 16.1. The molecular formula is C20H21Cl2N7O. The summed E-state index contributed by atoms with van der Waals surface area (Å²) in [5.41, 5.74) is 2.24. The second-order valence-corrected chi connectivity index (χ2v) is 8.01. The van der Waals surface area contributed by atoms with Crippen LogP contribution in [-0.4, -0.2) is 42.2 Å². The number of likely N-dealkylation sites (tertiary alicyclic amines) is 1. The van der Waals surface area contributed by atoms with Crippen LogP contribution in [0, 0.1) is 13.8 Å². The van der Waals surface area contributed by atoms with Crippen molar-refractivity contribution < 1.29 is 4.79 Å². The van der Waals surface area contributed by atoms with E-state index in [0.29, 0.717) is 29.5 Å². The van der Waals surface area contributed by atoms with Gasteiger partial charge in [0.25, 0.3) is 0 Å². The molecule has 2 amide bonds. The molecule has 0 radical (unpaired) electrons. The summed E-state index contributed by atoms with van der Waals surface area (Å²) in [7, 11) is 0. The maximum Gasteiger partial charge on any atom is 0.322 e. The summed E-state index contributed by atoms with van der Waals surface area (Å²) >= 11 is 11.8. The van der Waals surface area contributed by atoms with Crippen molar-refractivity contribution in [3.63, 3.8) is 0 Å². The zero-order valence-corrected chi connectivity index (χ0v) is 18.2. The number of urea groups is 1. The monoisotopic (exact) mass is 445 g/mol. The van der Waals surface area contributed by atoms with Gasteiger partial charge in [-0.25, -0.2) is 14.8 Å². The number of nitrogens with one attached hydrogen (secondary N) is 1. The van der Waals surface area contributed by atoms with Gasteiger partial charge in [-0.3, -0.25) is 0 Å². The summed E-state index contributed by atoms with van der Waals surface area (Å²) in [5.74, 6) is 1.58. The summed E-state index contributed by atoms with van der Waals surface area (Å²) in [6, 6.07) is 7.31. The summed E-state index contributed by atoms with van der Waals surface area (Å²) in [6.45, 7) is 4.94. The average Bonchev–Trinajstić information content (AvgIpc) is 3.33. The molecule has 2 aromatic heterocycles. The number of anilines is 1. The summed E-state index contributed by atoms with van der Waals surface area (Å²) in [4.78, 5) is 22.8. The van der Waals surface area contributed by atoms with Gasteiger partial charge in [-0.1, -0.05) is 23.7 Å². The number of nitrogens with zero attached hydrogens (tertiary/aromatic N) is 6. The molecule has 4 rings (SSSR count). The molecule has 0 spiro atoms. The largest absolute Gasteiger partial charge is 0.322 e. The molecule has 156 valence electrons. The Morgan fingerprint density at radius 3 is 2.70 bits per heavy atom. The van der Waals surface area contributed by atoms with Gasteiger partial charge in [0.2, 0.25) is 5.28 Å². The molecule has 1 saturated heterocycles. The van der Waals surface area contributed by atoms with E-state index in [0.717, 1.165) is 30.1 Å². The average molecular weight is 446 g/mol. The third-order valence-corrected chi connectivity index (χ3v) is 5.66. The number of halogens is 2. The van der Waals surface area contributed by atoms with Crippen LogP contribution in [-0.2, 0) is 6.54 Å². The molecule has 30 heavy (non-hydrogen) atoms. The Bertz CT molecular complexity index is 1070. The first-order valence-corrected chi connectivity index (χ1v) is 10.4. The van der Waals surface area contributed by atoms with E-state index in [-0.39, 0.29) is 17.4 Å². The zero-order valence-electron chi connectivity index (χ0n) is 16.6. The van der Waals surface area contributed by atoms with Gasteiger partial charge >= 0.3 is 6.03 Å². The Hall–Kier alpha value is -2.71. The number of rotatable bonds is 4. The number of amides is 2. The number of hydrogen-bond acceptors (Lipinski definition) is 5. The molecular weight excluding hydrogens is 425 g/mol. The number of aryl methyl sites for hydroxylation is 2. The van der Waals surface area contributed by atoms with Gasteiger partial charge in [-0.2, -0.15) is 0 Å². The summed E-state index contributed by atoms with van der Waals surface area (Å²) in [6.07, 6.45) is 3.23. The molecule has 1 unspecified atom stereocenters. The number of carbonyl (C=O) groups is 1. The van der Waals surface area contributed by atoms with Gasteiger partial charge in [-0.05, 0) is 56.0 Å². The van der Waals surface area contributed by atoms with Crippen LogP contribution in [0.2, 0.25) is 10.3 Å². The van der Waals surface area contributed by atoms with E-state index in [4.69, 9.17) is 23.2 Å². The highest BCUT2D eigenvalue weighted by Gasteiger charge is 2.34. The second-order valence-electron chi connectivity index (χ2n) is 7.24. The summed E-state index contributed by atoms with van der Waals surface area (Å²) < 4.78 is 2.05. The lowest BCUT2D eigenvalue weighted by molar-refractivity contribution is 0.203. The fourth-order valence-corrected chi connectivity index (χ4v) is 3.94. The van der Waals surface area contributed by atoms with Crippen molar-refractivity contribution in [2.75, 3.05) is 11.9 Å². The molecule has 3 aromatic rings. The van der Waals surface area contributed by atoms with Crippen molar-refractivity contribution in [3.05, 3.63) is 63.7 Å². The van der Waals surface area contributed by atoms with E-state index in [1.54, 1.807) is 11.8 Å². The van der Waals surface area contributed by atoms with Crippen molar-refractivity contribution in [2.24, 2.45) is 0 Å². The van der Waals surface area contributed by atoms with Crippen LogP contribution in [0.4, 0.5) is 10.5 Å². The lowest BCUT2D eigenvalue weighted by atomic mass is 10.2. The predicted octanol–water partition coefficient (Wildman–Crippen LogP) is 4.41. The first kappa shape index (κ1) is 20.6. The van der Waals surface area contributed by atoms with Crippen LogP contribution >= 0.6 is 23.2 Å². The molecule has 1 aromatic carbocycles. The zero-order chi connectivity index (χ0) is 21.3. The van der Waals surface area contributed by atoms with Gasteiger partial charge in [0.15, 0.2) is 5.82 Å². The minimum atomic E-state index is -0.217. The topological polar surface area (TPSA) is 88.8 Å². The van der Waals surface area contributed by atoms with E-state index in [1.165, 1.54) is 6.20 Å². The lowest BCUT2D eigenvalue weighted by Crippen LogP contribution is -2.36. The number of carbonyl (C=O) groups excluding carboxylic acids is 1. The number of hydrogen-bond donors (Lipinski definition) is 1. The van der Waals surface area contributed by atoms with Crippen LogP contribution in [0.1, 0.15) is 41.8 Å². The van der Waals surface area contributed by atoms with Gasteiger partial charge in [0, 0.05) is 11.6 Å². The third-order valence-electron chi connectivity index (χ3n) is 5.22. The number of benzene rings is 1. The van der Waals surface area contributed by atoms with E-state index in [1.807, 2.05) is 31.2 Å². The van der Waals surface area contributed by atoms with Crippen LogP contribution < -0.4 is 5.32 Å². The Balaban J connectivity index is 1.56. The van der Waals surface area contributed by atoms with Gasteiger partial charge in [-0.15, -0.1) is 10.2 Å². The second kappa shape index (κ2) is 8.57. The molecule has 8 nitrogen and oxygen atoms in total. The molecule has 3 heterocycles. The maximum absolute atomic E-state index is 13.0. The van der Waals surface area contributed by atoms with Crippen molar-refractivity contribution >= 4 is 34.9 Å². The molecule has 0 saturated carbocycles. The van der Waals surface area contributed by atoms with Crippen molar-refractivity contribution in [2.45, 2.75) is 39.3 Å². The van der Waals surface area contributed by atoms with Crippen LogP contribution in [0.15, 0.2) is 30.5 Å². The highest BCUT2D eigenvalue weighted by molar-refractivity contribution is 6.30. The minimum absolute atomic E-state index is 0.148. The third kappa shape index (κ3) is 4.24. The fraction of sp³-hybridized carbons (Fsp3) is 0.350. The van der Waals surface area contributed by atoms with Gasteiger partial charge in [0.05, 0.1) is 30.2 Å². The quantitative estimate of drug-likeness (QED) is 0.600. The molecule has 10 heteroatoms. The molecule has 0 bridgehead atoms. The van der Waals surface area contributed by atoms with E-state index in [9.17, 15) is 4.79 Å². The Morgan fingerprint density at radius 1 is 1.20 bits per heavy atom. The Labute approximate surface area is 184 Å². The molecule has 1 fully saturated rings. The molecule has 1 atom stereocenters. The van der Waals surface area contributed by atoms with Gasteiger partial charge in [0.1, 0.15) is 5.82 Å². The summed E-state index contributed by atoms with van der Waals surface area (Å²) in [5, 5.41) is 12.4. The Morgan fingerprint density at radius 2 is 1.97 bits per heavy atom. The van der Waals surface area contributed by atoms with Crippen LogP contribution in [0.5, 0.6) is 0 Å². The van der Waals surface area contributed by atoms with E-state index in [2.05, 4.69) is 30.0 Å². The Kier molecular flexibility index (Phi) is 5.87. The van der Waals surface area contributed by atoms with Gasteiger partial charge < -0.3 is 14.8 Å². The molecule has 1 aliphatic rings. The smallest absolute Gasteiger partial charge is 0.314 e. The van der Waals surface area contributed by atoms with E-state index < -0.39 is 0 Å². The lowest BCUT2D eigenvalue weighted by Gasteiger charge is -2.25. The SMILES string of the molecule is Cc1nc(Cl)ncc1NC(=O)N1CCCC1c1nnc(C)n1Cc1ccc(Cl)cc1. The van der Waals surface area contributed by atoms with Crippen LogP contribution in [0.3, 0.4) is 0 Å². The van der Waals surface area contributed by atoms with Crippen LogP contribution in [0.25, 0.3) is 0 Å². The number of aromatic nitrogens is 5. The molecule has 1 N–H and O–H groups in total. The minimum Gasteiger partial charge on any atom is -0.314 e. The van der Waals surface area contributed by atoms with E-state index >= 15 is 0 Å². The standard InChI is InChI=1S/C20H21Cl2N7O/c1-12-16(10-23-19(22)24-12)25-20(30)28-9-3-4-17(28)18-27-26-13(2)29(18)11-14-5-7-15(21)8-6-14/h5-8,10,17H,3-4,9,11H2,1-2H3,(H,25,30). The predicted molar refractivity (Wildman–Crippen MR) is 115 cm³/mol.